The quantitative estimate of drug-likeness (QED) is 0.430. The molecule has 0 spiro atoms. The highest BCUT2D eigenvalue weighted by molar-refractivity contribution is 7.79. The van der Waals surface area contributed by atoms with E-state index in [0.29, 0.717) is 0 Å². The summed E-state index contributed by atoms with van der Waals surface area (Å²) in [6.45, 7) is 2.28. The second-order valence-corrected chi connectivity index (χ2v) is 6.42. The third kappa shape index (κ3) is 20.8. The molecule has 0 bridgehead atoms. The molecule has 1 rings (SSSR count). The van der Waals surface area contributed by atoms with E-state index in [1.807, 2.05) is 0 Å². The first-order valence-electron chi connectivity index (χ1n) is 8.35. The maximum Gasteiger partial charge on any atom is 0.394 e. The molecule has 1 aromatic rings. The number of allylic oxidation sites excluding steroid dienone is 1. The zero-order valence-corrected chi connectivity index (χ0v) is 14.8. The molecule has 0 saturated heterocycles. The summed E-state index contributed by atoms with van der Waals surface area (Å²) in [7, 11) is -4.67. The molecule has 132 valence electrons. The third-order valence-corrected chi connectivity index (χ3v) is 3.33. The van der Waals surface area contributed by atoms with E-state index in [4.69, 9.17) is 17.5 Å². The van der Waals surface area contributed by atoms with Crippen molar-refractivity contribution in [2.75, 3.05) is 0 Å². The summed E-state index contributed by atoms with van der Waals surface area (Å²) in [5.41, 5.74) is 1.32. The summed E-state index contributed by atoms with van der Waals surface area (Å²) in [6, 6.07) is 10.6. The first kappa shape index (κ1) is 21.8. The fourth-order valence-corrected chi connectivity index (χ4v) is 2.18. The van der Waals surface area contributed by atoms with E-state index in [9.17, 15) is 0 Å². The summed E-state index contributed by atoms with van der Waals surface area (Å²) < 4.78 is 31.6. The fraction of sp³-hybridized carbons (Fsp3) is 0.556. The molecule has 0 saturated carbocycles. The van der Waals surface area contributed by atoms with Gasteiger partial charge in [0.15, 0.2) is 0 Å². The Morgan fingerprint density at radius 3 is 1.87 bits per heavy atom. The van der Waals surface area contributed by atoms with Crippen molar-refractivity contribution in [2.24, 2.45) is 0 Å². The minimum Gasteiger partial charge on any atom is -0.264 e. The zero-order valence-electron chi connectivity index (χ0n) is 14.0. The van der Waals surface area contributed by atoms with Gasteiger partial charge in [0.1, 0.15) is 0 Å². The number of rotatable bonds is 10. The molecule has 5 heteroatoms. The molecular formula is C18H30O4S. The van der Waals surface area contributed by atoms with Crippen LogP contribution in [-0.4, -0.2) is 17.5 Å². The van der Waals surface area contributed by atoms with Crippen LogP contribution in [0.15, 0.2) is 36.4 Å². The van der Waals surface area contributed by atoms with Gasteiger partial charge in [-0.2, -0.15) is 8.42 Å². The first-order valence-corrected chi connectivity index (χ1v) is 9.74. The molecule has 1 aromatic carbocycles. The lowest BCUT2D eigenvalue weighted by atomic mass is 10.1. The van der Waals surface area contributed by atoms with Crippen LogP contribution in [0.5, 0.6) is 0 Å². The summed E-state index contributed by atoms with van der Waals surface area (Å²) in [4.78, 5) is 0. The second-order valence-electron chi connectivity index (χ2n) is 5.52. The van der Waals surface area contributed by atoms with Crippen LogP contribution in [0.2, 0.25) is 0 Å². The summed E-state index contributed by atoms with van der Waals surface area (Å²) >= 11 is 0. The van der Waals surface area contributed by atoms with Gasteiger partial charge in [0.25, 0.3) is 0 Å². The lowest BCUT2D eigenvalue weighted by Gasteiger charge is -1.99. The minimum atomic E-state index is -4.67. The smallest absolute Gasteiger partial charge is 0.264 e. The van der Waals surface area contributed by atoms with Crippen LogP contribution < -0.4 is 0 Å². The van der Waals surface area contributed by atoms with Gasteiger partial charge < -0.3 is 0 Å². The van der Waals surface area contributed by atoms with Crippen molar-refractivity contribution >= 4 is 16.5 Å². The predicted molar refractivity (Wildman–Crippen MR) is 96.9 cm³/mol. The molecule has 0 aromatic heterocycles. The van der Waals surface area contributed by atoms with Crippen molar-refractivity contribution in [3.8, 4) is 0 Å². The second kappa shape index (κ2) is 14.4. The fourth-order valence-electron chi connectivity index (χ4n) is 2.18. The van der Waals surface area contributed by atoms with Crippen LogP contribution in [0.3, 0.4) is 0 Å². The van der Waals surface area contributed by atoms with E-state index < -0.39 is 10.4 Å². The monoisotopic (exact) mass is 342 g/mol. The van der Waals surface area contributed by atoms with Crippen molar-refractivity contribution in [3.05, 3.63) is 42.0 Å². The lowest BCUT2D eigenvalue weighted by molar-refractivity contribution is 0.381. The SMILES string of the molecule is CCCCCCCCCCC=Cc1ccccc1.O=S(=O)(O)O. The van der Waals surface area contributed by atoms with Crippen molar-refractivity contribution in [2.45, 2.75) is 64.7 Å². The Balaban J connectivity index is 0.000000841. The molecule has 0 atom stereocenters. The number of hydrogen-bond donors (Lipinski definition) is 2. The van der Waals surface area contributed by atoms with Crippen LogP contribution in [0.4, 0.5) is 0 Å². The van der Waals surface area contributed by atoms with Gasteiger partial charge in [-0.15, -0.1) is 0 Å². The van der Waals surface area contributed by atoms with Crippen LogP contribution >= 0.6 is 0 Å². The molecule has 2 N–H and O–H groups in total. The van der Waals surface area contributed by atoms with Crippen molar-refractivity contribution in [1.29, 1.82) is 0 Å². The normalized spacial score (nSPS) is 11.3. The Labute approximate surface area is 141 Å². The summed E-state index contributed by atoms with van der Waals surface area (Å²) in [5, 5.41) is 0. The molecule has 0 aliphatic carbocycles. The molecule has 23 heavy (non-hydrogen) atoms. The van der Waals surface area contributed by atoms with E-state index in [1.165, 1.54) is 63.4 Å². The van der Waals surface area contributed by atoms with E-state index in [-0.39, 0.29) is 0 Å². The Morgan fingerprint density at radius 1 is 0.870 bits per heavy atom. The van der Waals surface area contributed by atoms with Gasteiger partial charge in [0.05, 0.1) is 0 Å². The number of benzene rings is 1. The average Bonchev–Trinajstić information content (AvgIpc) is 2.48. The Morgan fingerprint density at radius 2 is 1.35 bits per heavy atom. The summed E-state index contributed by atoms with van der Waals surface area (Å²) in [5.74, 6) is 0. The maximum atomic E-state index is 8.74. The standard InChI is InChI=1S/C18H28.H2O4S/c1-2-3-4-5-6-7-8-9-10-12-15-18-16-13-11-14-17-18;1-5(2,3)4/h11-17H,2-10H2,1H3;(H2,1,2,3,4). The highest BCUT2D eigenvalue weighted by Gasteiger charge is 1.90. The minimum absolute atomic E-state index is 1.23. The molecule has 4 nitrogen and oxygen atoms in total. The van der Waals surface area contributed by atoms with Gasteiger partial charge in [-0.3, -0.25) is 9.11 Å². The van der Waals surface area contributed by atoms with Crippen molar-refractivity contribution < 1.29 is 17.5 Å². The first-order chi connectivity index (χ1) is 10.9. The van der Waals surface area contributed by atoms with E-state index in [0.717, 1.165) is 0 Å². The molecule has 0 radical (unpaired) electrons. The topological polar surface area (TPSA) is 74.6 Å². The molecule has 0 fully saturated rings. The van der Waals surface area contributed by atoms with Gasteiger partial charge in [-0.05, 0) is 18.4 Å². The molecule has 0 amide bonds. The average molecular weight is 343 g/mol. The molecule has 0 aliphatic heterocycles. The number of unbranched alkanes of at least 4 members (excludes halogenated alkanes) is 8. The van der Waals surface area contributed by atoms with Gasteiger partial charge in [0, 0.05) is 0 Å². The van der Waals surface area contributed by atoms with E-state index in [2.05, 4.69) is 49.4 Å². The van der Waals surface area contributed by atoms with Gasteiger partial charge in [-0.1, -0.05) is 94.4 Å². The summed E-state index contributed by atoms with van der Waals surface area (Å²) in [6.07, 6.45) is 17.0. The molecular weight excluding hydrogens is 312 g/mol. The highest BCUT2D eigenvalue weighted by Crippen LogP contribution is 2.10. The van der Waals surface area contributed by atoms with E-state index in [1.54, 1.807) is 0 Å². The largest absolute Gasteiger partial charge is 0.394 e. The predicted octanol–water partition coefficient (Wildman–Crippen LogP) is 5.58. The lowest BCUT2D eigenvalue weighted by Crippen LogP contribution is -1.89. The van der Waals surface area contributed by atoms with Crippen LogP contribution in [0.25, 0.3) is 6.08 Å². The van der Waals surface area contributed by atoms with Gasteiger partial charge in [0.2, 0.25) is 0 Å². The maximum absolute atomic E-state index is 8.74. The Hall–Kier alpha value is -1.17. The van der Waals surface area contributed by atoms with Gasteiger partial charge >= 0.3 is 10.4 Å². The van der Waals surface area contributed by atoms with Crippen LogP contribution in [0, 0.1) is 0 Å². The van der Waals surface area contributed by atoms with Crippen LogP contribution in [0.1, 0.15) is 70.3 Å². The Kier molecular flexibility index (Phi) is 13.7. The van der Waals surface area contributed by atoms with E-state index >= 15 is 0 Å². The van der Waals surface area contributed by atoms with Crippen molar-refractivity contribution in [3.63, 3.8) is 0 Å². The zero-order chi connectivity index (χ0) is 17.4. The van der Waals surface area contributed by atoms with Crippen LogP contribution in [-0.2, 0) is 10.4 Å². The van der Waals surface area contributed by atoms with Crippen molar-refractivity contribution in [1.82, 2.24) is 0 Å². The third-order valence-electron chi connectivity index (χ3n) is 3.33. The Bertz CT molecular complexity index is 487. The molecule has 0 aliphatic rings. The number of hydrogen-bond acceptors (Lipinski definition) is 2. The molecule has 0 unspecified atom stereocenters. The molecule has 0 heterocycles. The highest BCUT2D eigenvalue weighted by atomic mass is 32.3. The van der Waals surface area contributed by atoms with Gasteiger partial charge in [-0.25, -0.2) is 0 Å².